The minimum absolute atomic E-state index is 0.0875. The first-order valence-corrected chi connectivity index (χ1v) is 8.43. The molecule has 1 amide bonds. The van der Waals surface area contributed by atoms with Crippen LogP contribution < -0.4 is 5.32 Å². The van der Waals surface area contributed by atoms with Gasteiger partial charge in [0, 0.05) is 32.4 Å². The van der Waals surface area contributed by atoms with Crippen molar-refractivity contribution in [2.75, 3.05) is 46.2 Å². The number of ketones is 1. The lowest BCUT2D eigenvalue weighted by atomic mass is 10.0. The average Bonchev–Trinajstić information content (AvgIpc) is 2.58. The Balaban J connectivity index is 3.52. The molecule has 0 aliphatic carbocycles. The summed E-state index contributed by atoms with van der Waals surface area (Å²) in [6, 6.07) is -0.684. The largest absolute Gasteiger partial charge is 0.379 e. The number of carbonyl (C=O) groups is 2. The van der Waals surface area contributed by atoms with E-state index in [1.54, 1.807) is 13.8 Å². The zero-order valence-electron chi connectivity index (χ0n) is 15.0. The average molecular weight is 342 g/mol. The molecule has 0 fully saturated rings. The van der Waals surface area contributed by atoms with Gasteiger partial charge in [0.05, 0.1) is 33.0 Å². The van der Waals surface area contributed by atoms with Crippen molar-refractivity contribution in [1.82, 2.24) is 5.32 Å². The first kappa shape index (κ1) is 22.5. The molecule has 0 aliphatic heterocycles. The molecule has 0 aromatic carbocycles. The lowest BCUT2D eigenvalue weighted by Crippen LogP contribution is -2.34. The molecule has 2 unspecified atom stereocenters. The van der Waals surface area contributed by atoms with E-state index >= 15 is 0 Å². The van der Waals surface area contributed by atoms with Gasteiger partial charge in [-0.25, -0.2) is 6.57 Å². The highest BCUT2D eigenvalue weighted by atomic mass is 16.5. The van der Waals surface area contributed by atoms with Gasteiger partial charge in [0.1, 0.15) is 0 Å². The van der Waals surface area contributed by atoms with Crippen LogP contribution in [-0.2, 0) is 23.8 Å². The third-order valence-electron chi connectivity index (χ3n) is 3.25. The molecule has 0 saturated carbocycles. The van der Waals surface area contributed by atoms with Crippen LogP contribution in [0.15, 0.2) is 0 Å². The first-order chi connectivity index (χ1) is 11.5. The van der Waals surface area contributed by atoms with Gasteiger partial charge in [-0.3, -0.25) is 9.59 Å². The Labute approximate surface area is 144 Å². The summed E-state index contributed by atoms with van der Waals surface area (Å²) in [6.45, 7) is 15.7. The Bertz CT molecular complexity index is 395. The summed E-state index contributed by atoms with van der Waals surface area (Å²) in [4.78, 5) is 26.6. The maximum Gasteiger partial charge on any atom is 0.278 e. The molecular formula is C17H30N2O5. The third kappa shape index (κ3) is 12.0. The molecule has 0 rings (SSSR count). The molecule has 0 aromatic heterocycles. The van der Waals surface area contributed by atoms with E-state index in [-0.39, 0.29) is 18.1 Å². The van der Waals surface area contributed by atoms with Gasteiger partial charge in [-0.1, -0.05) is 13.8 Å². The summed E-state index contributed by atoms with van der Waals surface area (Å²) in [5, 5.41) is 2.72. The van der Waals surface area contributed by atoms with E-state index < -0.39 is 12.0 Å². The molecular weight excluding hydrogens is 312 g/mol. The predicted molar refractivity (Wildman–Crippen MR) is 90.6 cm³/mol. The van der Waals surface area contributed by atoms with Crippen molar-refractivity contribution in [3.63, 3.8) is 0 Å². The van der Waals surface area contributed by atoms with Crippen LogP contribution in [0.1, 0.15) is 33.6 Å². The van der Waals surface area contributed by atoms with Gasteiger partial charge in [-0.05, 0) is 6.42 Å². The molecule has 138 valence electrons. The molecule has 0 spiro atoms. The second kappa shape index (κ2) is 15.1. The molecule has 7 nitrogen and oxygen atoms in total. The van der Waals surface area contributed by atoms with E-state index in [1.807, 2.05) is 0 Å². The lowest BCUT2D eigenvalue weighted by Gasteiger charge is -2.11. The summed E-state index contributed by atoms with van der Waals surface area (Å²) in [7, 11) is 0. The second-order valence-electron chi connectivity index (χ2n) is 5.50. The highest BCUT2D eigenvalue weighted by Gasteiger charge is 2.23. The molecule has 0 aliphatic rings. The summed E-state index contributed by atoms with van der Waals surface area (Å²) in [5.74, 6) is -0.842. The van der Waals surface area contributed by atoms with Gasteiger partial charge < -0.3 is 24.4 Å². The first-order valence-electron chi connectivity index (χ1n) is 8.43. The van der Waals surface area contributed by atoms with Crippen LogP contribution >= 0.6 is 0 Å². The van der Waals surface area contributed by atoms with Crippen LogP contribution in [0.4, 0.5) is 0 Å². The van der Waals surface area contributed by atoms with Crippen LogP contribution in [-0.4, -0.2) is 63.9 Å². The Hall–Kier alpha value is -1.49. The molecule has 0 heterocycles. The van der Waals surface area contributed by atoms with Gasteiger partial charge in [-0.2, -0.15) is 0 Å². The number of carbonyl (C=O) groups excluding carboxylic acids is 2. The minimum Gasteiger partial charge on any atom is -0.379 e. The third-order valence-corrected chi connectivity index (χ3v) is 3.25. The van der Waals surface area contributed by atoms with Crippen LogP contribution in [0, 0.1) is 12.5 Å². The molecule has 1 N–H and O–H groups in total. The number of hydrogen-bond acceptors (Lipinski definition) is 5. The maximum absolute atomic E-state index is 11.8. The molecule has 24 heavy (non-hydrogen) atoms. The van der Waals surface area contributed by atoms with Crippen LogP contribution in [0.25, 0.3) is 4.85 Å². The van der Waals surface area contributed by atoms with E-state index in [0.717, 1.165) is 13.0 Å². The molecule has 0 saturated heterocycles. The van der Waals surface area contributed by atoms with E-state index in [1.165, 1.54) is 0 Å². The van der Waals surface area contributed by atoms with E-state index in [9.17, 15) is 9.59 Å². The van der Waals surface area contributed by atoms with E-state index in [0.29, 0.717) is 39.6 Å². The Morgan fingerprint density at radius 2 is 1.54 bits per heavy atom. The quantitative estimate of drug-likeness (QED) is 0.360. The lowest BCUT2D eigenvalue weighted by molar-refractivity contribution is -0.129. The molecule has 0 aromatic rings. The number of hydrogen-bond donors (Lipinski definition) is 1. The fraction of sp³-hybridized carbons (Fsp3) is 0.824. The van der Waals surface area contributed by atoms with Crippen molar-refractivity contribution in [1.29, 1.82) is 0 Å². The summed E-state index contributed by atoms with van der Waals surface area (Å²) in [6.07, 6.45) is 1.09. The predicted octanol–water partition coefficient (Wildman–Crippen LogP) is 1.47. The Morgan fingerprint density at radius 3 is 2.08 bits per heavy atom. The van der Waals surface area contributed by atoms with Gasteiger partial charge >= 0.3 is 0 Å². The zero-order chi connectivity index (χ0) is 18.2. The Kier molecular flexibility index (Phi) is 14.1. The summed E-state index contributed by atoms with van der Waals surface area (Å²) < 4.78 is 15.9. The van der Waals surface area contributed by atoms with E-state index in [2.05, 4.69) is 17.1 Å². The maximum atomic E-state index is 11.8. The smallest absolute Gasteiger partial charge is 0.278 e. The summed E-state index contributed by atoms with van der Waals surface area (Å²) in [5.41, 5.74) is 0. The molecule has 2 atom stereocenters. The topological polar surface area (TPSA) is 78.2 Å². The number of amides is 1. The molecule has 0 radical (unpaired) electrons. The zero-order valence-corrected chi connectivity index (χ0v) is 15.0. The van der Waals surface area contributed by atoms with Crippen molar-refractivity contribution in [2.24, 2.45) is 5.92 Å². The normalized spacial score (nSPS) is 13.1. The fourth-order valence-electron chi connectivity index (χ4n) is 1.74. The number of ether oxygens (including phenoxy) is 3. The minimum atomic E-state index is -0.684. The van der Waals surface area contributed by atoms with Gasteiger partial charge in [0.2, 0.25) is 11.7 Å². The number of Topliss-reactive ketones (excluding diaryl/α,β-unsaturated/α-hetero) is 1. The number of nitrogens with one attached hydrogen (secondary N) is 1. The van der Waals surface area contributed by atoms with Crippen molar-refractivity contribution in [2.45, 2.75) is 39.7 Å². The van der Waals surface area contributed by atoms with Crippen LogP contribution in [0.3, 0.4) is 0 Å². The van der Waals surface area contributed by atoms with Crippen LogP contribution in [0.2, 0.25) is 0 Å². The SMILES string of the molecule is [C-]#[N+]C(C)C(=O)CC(C)C(=O)NCCOCCOCCOCCC. The molecule has 7 heteroatoms. The highest BCUT2D eigenvalue weighted by molar-refractivity contribution is 5.90. The van der Waals surface area contributed by atoms with Gasteiger partial charge in [0.25, 0.3) is 6.04 Å². The van der Waals surface area contributed by atoms with Crippen LogP contribution in [0.5, 0.6) is 0 Å². The second-order valence-corrected chi connectivity index (χ2v) is 5.50. The van der Waals surface area contributed by atoms with Gasteiger partial charge in [-0.15, -0.1) is 0 Å². The van der Waals surface area contributed by atoms with Crippen molar-refractivity contribution in [3.05, 3.63) is 11.4 Å². The highest BCUT2D eigenvalue weighted by Crippen LogP contribution is 2.06. The van der Waals surface area contributed by atoms with Crippen molar-refractivity contribution < 1.29 is 23.8 Å². The van der Waals surface area contributed by atoms with Crippen molar-refractivity contribution in [3.8, 4) is 0 Å². The van der Waals surface area contributed by atoms with Crippen molar-refractivity contribution >= 4 is 11.7 Å². The number of rotatable bonds is 15. The Morgan fingerprint density at radius 1 is 1.00 bits per heavy atom. The van der Waals surface area contributed by atoms with E-state index in [4.69, 9.17) is 20.8 Å². The van der Waals surface area contributed by atoms with Gasteiger partial charge in [0.15, 0.2) is 0 Å². The molecule has 0 bridgehead atoms. The fourth-order valence-corrected chi connectivity index (χ4v) is 1.74. The monoisotopic (exact) mass is 342 g/mol. The summed E-state index contributed by atoms with van der Waals surface area (Å²) >= 11 is 0. The number of nitrogens with zero attached hydrogens (tertiary/aromatic N) is 1. The standard InChI is InChI=1S/C17H30N2O5/c1-5-7-22-9-11-24-12-10-23-8-6-19-17(21)14(2)13-16(20)15(3)18-4/h14-15H,5-13H2,1-3H3,(H,19,21).